The molecule has 3 aromatic rings. The minimum absolute atomic E-state index is 0.0700. The molecule has 4 rings (SSSR count). The van der Waals surface area contributed by atoms with E-state index in [1.807, 2.05) is 4.90 Å². The Hall–Kier alpha value is -3.75. The van der Waals surface area contributed by atoms with Crippen molar-refractivity contribution in [3.8, 4) is 0 Å². The van der Waals surface area contributed by atoms with Gasteiger partial charge in [0.15, 0.2) is 0 Å². The monoisotopic (exact) mass is 421 g/mol. The van der Waals surface area contributed by atoms with E-state index in [2.05, 4.69) is 9.97 Å². The number of carbonyl (C=O) groups excluding carboxylic acids is 1. The Morgan fingerprint density at radius 2 is 1.94 bits per heavy atom. The zero-order valence-electron chi connectivity index (χ0n) is 17.2. The number of H-pyrrole nitrogens is 1. The minimum Gasteiger partial charge on any atom is -0.366 e. The van der Waals surface area contributed by atoms with Crippen molar-refractivity contribution >= 4 is 28.2 Å². The van der Waals surface area contributed by atoms with Crippen molar-refractivity contribution in [3.05, 3.63) is 74.3 Å². The van der Waals surface area contributed by atoms with Gasteiger partial charge in [-0.15, -0.1) is 0 Å². The third-order valence-electron chi connectivity index (χ3n) is 5.51. The number of aromatic amines is 1. The third-order valence-corrected chi connectivity index (χ3v) is 5.51. The van der Waals surface area contributed by atoms with E-state index in [4.69, 9.17) is 0 Å². The number of hydrogen-bond acceptors (Lipinski definition) is 6. The van der Waals surface area contributed by atoms with Crippen molar-refractivity contribution in [3.63, 3.8) is 0 Å². The fraction of sp³-hybridized carbons (Fsp3) is 0.318. The van der Waals surface area contributed by atoms with E-state index in [1.165, 1.54) is 11.0 Å². The molecule has 1 aromatic heterocycles. The Morgan fingerprint density at radius 1 is 1.19 bits per heavy atom. The highest BCUT2D eigenvalue weighted by atomic mass is 16.6. The van der Waals surface area contributed by atoms with E-state index >= 15 is 0 Å². The topological polar surface area (TPSA) is 112 Å². The lowest BCUT2D eigenvalue weighted by Gasteiger charge is -2.28. The number of anilines is 1. The Kier molecular flexibility index (Phi) is 5.66. The van der Waals surface area contributed by atoms with Crippen molar-refractivity contribution in [2.24, 2.45) is 0 Å². The largest absolute Gasteiger partial charge is 0.366 e. The van der Waals surface area contributed by atoms with Gasteiger partial charge in [-0.3, -0.25) is 19.7 Å². The maximum absolute atomic E-state index is 12.9. The standard InChI is InChI=1S/C22H23N5O4/c1-25(14-20-23-17-8-4-3-7-16(17)21(28)24-20)22(29)15-9-10-18(19(13-15)27(30)31)26-11-5-2-6-12-26/h3-4,7-10,13H,2,5-6,11-12,14H2,1H3,(H,23,24,28). The van der Waals surface area contributed by atoms with E-state index < -0.39 is 4.92 Å². The molecule has 31 heavy (non-hydrogen) atoms. The normalized spacial score (nSPS) is 13.9. The molecule has 0 spiro atoms. The van der Waals surface area contributed by atoms with Crippen LogP contribution in [0.2, 0.25) is 0 Å². The molecule has 1 aliphatic rings. The summed E-state index contributed by atoms with van der Waals surface area (Å²) < 4.78 is 0. The summed E-state index contributed by atoms with van der Waals surface area (Å²) in [5, 5.41) is 12.1. The Labute approximate surface area is 178 Å². The number of hydrogen-bond donors (Lipinski definition) is 1. The Bertz CT molecular complexity index is 1200. The van der Waals surface area contributed by atoms with Crippen LogP contribution >= 0.6 is 0 Å². The van der Waals surface area contributed by atoms with Crippen LogP contribution in [-0.2, 0) is 6.54 Å². The number of para-hydroxylation sites is 1. The molecule has 1 aliphatic heterocycles. The van der Waals surface area contributed by atoms with E-state index in [1.54, 1.807) is 43.4 Å². The second kappa shape index (κ2) is 8.55. The van der Waals surface area contributed by atoms with Crippen LogP contribution < -0.4 is 10.5 Å². The minimum atomic E-state index is -0.441. The summed E-state index contributed by atoms with van der Waals surface area (Å²) in [5.41, 5.74) is 0.965. The first-order valence-corrected chi connectivity index (χ1v) is 10.2. The maximum atomic E-state index is 12.9. The number of nitrogens with one attached hydrogen (secondary N) is 1. The number of nitro groups is 1. The van der Waals surface area contributed by atoms with Crippen LogP contribution in [0.25, 0.3) is 10.9 Å². The van der Waals surface area contributed by atoms with Crippen molar-refractivity contribution in [1.82, 2.24) is 14.9 Å². The predicted octanol–water partition coefficient (Wildman–Crippen LogP) is 3.09. The average molecular weight is 421 g/mol. The van der Waals surface area contributed by atoms with Gasteiger partial charge in [-0.05, 0) is 43.5 Å². The zero-order valence-corrected chi connectivity index (χ0v) is 17.2. The number of aromatic nitrogens is 2. The van der Waals surface area contributed by atoms with Gasteiger partial charge in [0.25, 0.3) is 17.2 Å². The van der Waals surface area contributed by atoms with Crippen LogP contribution in [0.1, 0.15) is 35.4 Å². The van der Waals surface area contributed by atoms with Crippen molar-refractivity contribution in [2.75, 3.05) is 25.0 Å². The summed E-state index contributed by atoms with van der Waals surface area (Å²) in [7, 11) is 1.57. The van der Waals surface area contributed by atoms with Crippen LogP contribution in [0.5, 0.6) is 0 Å². The molecule has 1 saturated heterocycles. The quantitative estimate of drug-likeness (QED) is 0.500. The molecular weight excluding hydrogens is 398 g/mol. The van der Waals surface area contributed by atoms with Gasteiger partial charge in [-0.1, -0.05) is 12.1 Å². The molecule has 0 atom stereocenters. The molecule has 0 unspecified atom stereocenters. The van der Waals surface area contributed by atoms with Crippen molar-refractivity contribution < 1.29 is 9.72 Å². The molecule has 0 radical (unpaired) electrons. The number of amides is 1. The first-order valence-electron chi connectivity index (χ1n) is 10.2. The van der Waals surface area contributed by atoms with Crippen molar-refractivity contribution in [2.45, 2.75) is 25.8 Å². The summed E-state index contributed by atoms with van der Waals surface area (Å²) in [4.78, 5) is 46.9. The van der Waals surface area contributed by atoms with Gasteiger partial charge in [0.1, 0.15) is 11.5 Å². The smallest absolute Gasteiger partial charge is 0.293 e. The molecule has 9 nitrogen and oxygen atoms in total. The second-order valence-electron chi connectivity index (χ2n) is 7.70. The molecule has 1 fully saturated rings. The van der Waals surface area contributed by atoms with Crippen LogP contribution in [-0.4, -0.2) is 45.8 Å². The Morgan fingerprint density at radius 3 is 2.68 bits per heavy atom. The van der Waals surface area contributed by atoms with Gasteiger partial charge in [-0.25, -0.2) is 4.98 Å². The SMILES string of the molecule is CN(Cc1nc2ccccc2c(=O)[nH]1)C(=O)c1ccc(N2CCCCC2)c([N+](=O)[O-])c1. The number of fused-ring (bicyclic) bond motifs is 1. The van der Waals surface area contributed by atoms with Gasteiger partial charge in [-0.2, -0.15) is 0 Å². The van der Waals surface area contributed by atoms with Gasteiger partial charge in [0, 0.05) is 31.8 Å². The van der Waals surface area contributed by atoms with Crippen LogP contribution in [0.4, 0.5) is 11.4 Å². The average Bonchev–Trinajstić information content (AvgIpc) is 2.78. The fourth-order valence-corrected chi connectivity index (χ4v) is 3.93. The van der Waals surface area contributed by atoms with Gasteiger partial charge in [0.2, 0.25) is 0 Å². The van der Waals surface area contributed by atoms with E-state index in [-0.39, 0.29) is 29.3 Å². The number of benzene rings is 2. The lowest BCUT2D eigenvalue weighted by molar-refractivity contribution is -0.384. The molecule has 1 N–H and O–H groups in total. The number of carbonyl (C=O) groups is 1. The molecule has 9 heteroatoms. The molecule has 2 aromatic carbocycles. The predicted molar refractivity (Wildman–Crippen MR) is 117 cm³/mol. The van der Waals surface area contributed by atoms with Gasteiger partial charge < -0.3 is 14.8 Å². The van der Waals surface area contributed by atoms with Gasteiger partial charge in [0.05, 0.1) is 22.4 Å². The lowest BCUT2D eigenvalue weighted by atomic mass is 10.1. The molecule has 0 bridgehead atoms. The number of nitro benzene ring substituents is 1. The third kappa shape index (κ3) is 4.25. The van der Waals surface area contributed by atoms with Crippen LogP contribution in [0.3, 0.4) is 0 Å². The fourth-order valence-electron chi connectivity index (χ4n) is 3.93. The Balaban J connectivity index is 1.58. The van der Waals surface area contributed by atoms with E-state index in [0.717, 1.165) is 32.4 Å². The highest BCUT2D eigenvalue weighted by molar-refractivity contribution is 5.95. The van der Waals surface area contributed by atoms with E-state index in [9.17, 15) is 19.7 Å². The molecule has 1 amide bonds. The number of nitrogens with zero attached hydrogens (tertiary/aromatic N) is 4. The summed E-state index contributed by atoms with van der Waals surface area (Å²) in [6.45, 7) is 1.62. The molecule has 0 saturated carbocycles. The molecule has 0 aliphatic carbocycles. The first-order chi connectivity index (χ1) is 14.9. The number of piperidine rings is 1. The molecule has 2 heterocycles. The number of rotatable bonds is 5. The molecular formula is C22H23N5O4. The summed E-state index contributed by atoms with van der Waals surface area (Å²) in [6, 6.07) is 11.6. The molecule has 160 valence electrons. The maximum Gasteiger partial charge on any atom is 0.293 e. The van der Waals surface area contributed by atoms with Crippen LogP contribution in [0, 0.1) is 10.1 Å². The summed E-state index contributed by atoms with van der Waals surface area (Å²) >= 11 is 0. The second-order valence-corrected chi connectivity index (χ2v) is 7.70. The highest BCUT2D eigenvalue weighted by Crippen LogP contribution is 2.31. The zero-order chi connectivity index (χ0) is 22.0. The summed E-state index contributed by atoms with van der Waals surface area (Å²) in [6.07, 6.45) is 3.12. The van der Waals surface area contributed by atoms with Gasteiger partial charge >= 0.3 is 0 Å². The summed E-state index contributed by atoms with van der Waals surface area (Å²) in [5.74, 6) is -0.0388. The van der Waals surface area contributed by atoms with E-state index in [0.29, 0.717) is 22.4 Å². The first kappa shape index (κ1) is 20.5. The van der Waals surface area contributed by atoms with Crippen LogP contribution in [0.15, 0.2) is 47.3 Å². The highest BCUT2D eigenvalue weighted by Gasteiger charge is 2.24. The van der Waals surface area contributed by atoms with Crippen molar-refractivity contribution in [1.29, 1.82) is 0 Å². The lowest BCUT2D eigenvalue weighted by Crippen LogP contribution is -2.30.